The summed E-state index contributed by atoms with van der Waals surface area (Å²) in [4.78, 5) is 13.8. The number of aromatic nitrogens is 3. The van der Waals surface area contributed by atoms with E-state index < -0.39 is 0 Å². The number of nitrogen functional groups attached to an aromatic ring is 1. The minimum absolute atomic E-state index is 0.129. The van der Waals surface area contributed by atoms with E-state index in [1.807, 2.05) is 38.4 Å². The monoisotopic (exact) mass is 275 g/mol. The lowest BCUT2D eigenvalue weighted by molar-refractivity contribution is 0.280. The Hall–Kier alpha value is -2.57. The van der Waals surface area contributed by atoms with Gasteiger partial charge >= 0.3 is 6.01 Å². The smallest absolute Gasteiger partial charge is 0.323 e. The van der Waals surface area contributed by atoms with Gasteiger partial charge in [0.1, 0.15) is 12.4 Å². The molecule has 0 amide bonds. The molecule has 0 fully saturated rings. The van der Waals surface area contributed by atoms with Crippen LogP contribution in [0.1, 0.15) is 5.56 Å². The highest BCUT2D eigenvalue weighted by molar-refractivity contribution is 5.34. The summed E-state index contributed by atoms with van der Waals surface area (Å²) in [5.74, 6) is 1.36. The summed E-state index contributed by atoms with van der Waals surface area (Å²) in [7, 11) is 5.26. The van der Waals surface area contributed by atoms with Crippen LogP contribution in [0.15, 0.2) is 24.3 Å². The number of hydrogen-bond acceptors (Lipinski definition) is 7. The Morgan fingerprint density at radius 1 is 1.20 bits per heavy atom. The molecule has 7 nitrogen and oxygen atoms in total. The molecule has 0 saturated carbocycles. The first-order chi connectivity index (χ1) is 9.58. The van der Waals surface area contributed by atoms with Gasteiger partial charge in [-0.15, -0.1) is 0 Å². The summed E-state index contributed by atoms with van der Waals surface area (Å²) in [6.45, 7) is 0.327. The number of methoxy groups -OCH3 is 1. The fraction of sp³-hybridized carbons (Fsp3) is 0.308. The number of anilines is 2. The maximum atomic E-state index is 5.62. The highest BCUT2D eigenvalue weighted by Crippen LogP contribution is 2.16. The second-order valence-corrected chi connectivity index (χ2v) is 4.31. The van der Waals surface area contributed by atoms with E-state index in [1.165, 1.54) is 0 Å². The maximum Gasteiger partial charge on any atom is 0.323 e. The normalized spacial score (nSPS) is 10.2. The zero-order chi connectivity index (χ0) is 14.5. The van der Waals surface area contributed by atoms with Gasteiger partial charge in [-0.05, 0) is 17.7 Å². The minimum atomic E-state index is 0.129. The van der Waals surface area contributed by atoms with Crippen molar-refractivity contribution in [2.24, 2.45) is 0 Å². The van der Waals surface area contributed by atoms with Crippen LogP contribution in [0, 0.1) is 0 Å². The van der Waals surface area contributed by atoms with Crippen LogP contribution in [0.3, 0.4) is 0 Å². The molecule has 2 rings (SSSR count). The van der Waals surface area contributed by atoms with Crippen LogP contribution in [0.2, 0.25) is 0 Å². The average Bonchev–Trinajstić information content (AvgIpc) is 2.44. The zero-order valence-corrected chi connectivity index (χ0v) is 11.7. The molecule has 0 aliphatic carbocycles. The van der Waals surface area contributed by atoms with Crippen LogP contribution < -0.4 is 20.1 Å². The van der Waals surface area contributed by atoms with Crippen molar-refractivity contribution in [2.75, 3.05) is 31.8 Å². The Kier molecular flexibility index (Phi) is 4.19. The predicted octanol–water partition coefficient (Wildman–Crippen LogP) is 1.11. The van der Waals surface area contributed by atoms with Crippen LogP contribution in [-0.4, -0.2) is 36.2 Å². The fourth-order valence-corrected chi connectivity index (χ4v) is 1.54. The Bertz CT molecular complexity index is 589. The van der Waals surface area contributed by atoms with E-state index >= 15 is 0 Å². The van der Waals surface area contributed by atoms with E-state index in [2.05, 4.69) is 15.0 Å². The summed E-state index contributed by atoms with van der Waals surface area (Å²) in [5.41, 5.74) is 6.58. The third-order valence-electron chi connectivity index (χ3n) is 2.52. The van der Waals surface area contributed by atoms with Crippen molar-refractivity contribution in [1.29, 1.82) is 0 Å². The number of nitrogens with two attached hydrogens (primary N) is 1. The number of nitrogens with zero attached hydrogens (tertiary/aromatic N) is 4. The van der Waals surface area contributed by atoms with Gasteiger partial charge in [-0.3, -0.25) is 0 Å². The Morgan fingerprint density at radius 2 is 2.00 bits per heavy atom. The molecule has 0 aliphatic heterocycles. The first-order valence-corrected chi connectivity index (χ1v) is 6.03. The molecule has 1 heterocycles. The van der Waals surface area contributed by atoms with Crippen molar-refractivity contribution in [3.05, 3.63) is 29.8 Å². The molecule has 0 bridgehead atoms. The Balaban J connectivity index is 2.10. The summed E-state index contributed by atoms with van der Waals surface area (Å²) in [6, 6.07) is 7.78. The number of hydrogen-bond donors (Lipinski definition) is 1. The highest BCUT2D eigenvalue weighted by atomic mass is 16.5. The van der Waals surface area contributed by atoms with E-state index in [0.717, 1.165) is 11.3 Å². The third kappa shape index (κ3) is 3.47. The summed E-state index contributed by atoms with van der Waals surface area (Å²) in [5, 5.41) is 0. The van der Waals surface area contributed by atoms with Crippen molar-refractivity contribution >= 4 is 11.9 Å². The van der Waals surface area contributed by atoms with E-state index in [-0.39, 0.29) is 12.0 Å². The number of benzene rings is 1. The Morgan fingerprint density at radius 3 is 2.70 bits per heavy atom. The molecule has 2 aromatic rings. The molecular weight excluding hydrogens is 258 g/mol. The molecule has 0 spiro atoms. The van der Waals surface area contributed by atoms with Crippen molar-refractivity contribution < 1.29 is 9.47 Å². The molecule has 2 N–H and O–H groups in total. The van der Waals surface area contributed by atoms with Crippen LogP contribution >= 0.6 is 0 Å². The van der Waals surface area contributed by atoms with Gasteiger partial charge in [-0.2, -0.15) is 15.0 Å². The standard InChI is InChI=1S/C13H17N5O2/c1-18(2)12-15-11(14)16-13(17-12)20-8-9-5-4-6-10(7-9)19-3/h4-7H,8H2,1-3H3,(H2,14,15,16,17). The van der Waals surface area contributed by atoms with Crippen LogP contribution in [0.25, 0.3) is 0 Å². The van der Waals surface area contributed by atoms with Crippen molar-refractivity contribution in [3.63, 3.8) is 0 Å². The SMILES string of the molecule is COc1cccc(COc2nc(N)nc(N(C)C)n2)c1. The van der Waals surface area contributed by atoms with Gasteiger partial charge in [0.15, 0.2) is 0 Å². The highest BCUT2D eigenvalue weighted by Gasteiger charge is 2.07. The van der Waals surface area contributed by atoms with Gasteiger partial charge in [-0.25, -0.2) is 0 Å². The molecule has 0 aliphatic rings. The summed E-state index contributed by atoms with van der Waals surface area (Å²) >= 11 is 0. The lowest BCUT2D eigenvalue weighted by Crippen LogP contribution is -2.15. The topological polar surface area (TPSA) is 86.4 Å². The third-order valence-corrected chi connectivity index (χ3v) is 2.52. The van der Waals surface area contributed by atoms with Gasteiger partial charge in [0.2, 0.25) is 11.9 Å². The average molecular weight is 275 g/mol. The van der Waals surface area contributed by atoms with E-state index in [0.29, 0.717) is 12.6 Å². The quantitative estimate of drug-likeness (QED) is 0.874. The zero-order valence-electron chi connectivity index (χ0n) is 11.7. The first-order valence-electron chi connectivity index (χ1n) is 6.03. The fourth-order valence-electron chi connectivity index (χ4n) is 1.54. The van der Waals surface area contributed by atoms with Gasteiger partial charge in [0.05, 0.1) is 7.11 Å². The summed E-state index contributed by atoms with van der Waals surface area (Å²) in [6.07, 6.45) is 0. The van der Waals surface area contributed by atoms with Crippen LogP contribution in [-0.2, 0) is 6.61 Å². The lowest BCUT2D eigenvalue weighted by Gasteiger charge is -2.11. The van der Waals surface area contributed by atoms with E-state index in [1.54, 1.807) is 12.0 Å². The molecule has 0 unspecified atom stereocenters. The van der Waals surface area contributed by atoms with Crippen molar-refractivity contribution in [2.45, 2.75) is 6.61 Å². The first kappa shape index (κ1) is 13.9. The predicted molar refractivity (Wildman–Crippen MR) is 75.9 cm³/mol. The van der Waals surface area contributed by atoms with Crippen molar-refractivity contribution in [3.8, 4) is 11.8 Å². The number of ether oxygens (including phenoxy) is 2. The maximum absolute atomic E-state index is 5.62. The van der Waals surface area contributed by atoms with Gasteiger partial charge in [0, 0.05) is 14.1 Å². The minimum Gasteiger partial charge on any atom is -0.497 e. The van der Waals surface area contributed by atoms with Crippen LogP contribution in [0.4, 0.5) is 11.9 Å². The lowest BCUT2D eigenvalue weighted by atomic mass is 10.2. The molecule has 20 heavy (non-hydrogen) atoms. The Labute approximate surface area is 117 Å². The molecule has 1 aromatic carbocycles. The van der Waals surface area contributed by atoms with Crippen molar-refractivity contribution in [1.82, 2.24) is 15.0 Å². The second-order valence-electron chi connectivity index (χ2n) is 4.31. The molecular formula is C13H17N5O2. The summed E-state index contributed by atoms with van der Waals surface area (Å²) < 4.78 is 10.7. The molecule has 0 atom stereocenters. The van der Waals surface area contributed by atoms with Gasteiger partial charge in [-0.1, -0.05) is 12.1 Å². The second kappa shape index (κ2) is 6.05. The number of rotatable bonds is 5. The van der Waals surface area contributed by atoms with Gasteiger partial charge in [0.25, 0.3) is 0 Å². The molecule has 0 radical (unpaired) electrons. The molecule has 7 heteroatoms. The van der Waals surface area contributed by atoms with Gasteiger partial charge < -0.3 is 20.1 Å². The largest absolute Gasteiger partial charge is 0.497 e. The van der Waals surface area contributed by atoms with Crippen LogP contribution in [0.5, 0.6) is 11.8 Å². The van der Waals surface area contributed by atoms with E-state index in [4.69, 9.17) is 15.2 Å². The van der Waals surface area contributed by atoms with E-state index in [9.17, 15) is 0 Å². The molecule has 1 aromatic heterocycles. The molecule has 0 saturated heterocycles. The molecule has 106 valence electrons.